The fourth-order valence-corrected chi connectivity index (χ4v) is 2.68. The second-order valence-corrected chi connectivity index (χ2v) is 5.59. The number of hydrogen-bond acceptors (Lipinski definition) is 3. The Morgan fingerprint density at radius 1 is 1.53 bits per heavy atom. The van der Waals surface area contributed by atoms with Crippen molar-refractivity contribution in [2.75, 3.05) is 33.3 Å². The van der Waals surface area contributed by atoms with E-state index in [4.69, 9.17) is 16.3 Å². The Balaban J connectivity index is 2.14. The van der Waals surface area contributed by atoms with Gasteiger partial charge in [0.2, 0.25) is 0 Å². The predicted octanol–water partition coefficient (Wildman–Crippen LogP) is 2.71. The highest BCUT2D eigenvalue weighted by atomic mass is 35.5. The van der Waals surface area contributed by atoms with E-state index < -0.39 is 0 Å². The lowest BCUT2D eigenvalue weighted by Gasteiger charge is -2.36. The van der Waals surface area contributed by atoms with Gasteiger partial charge in [-0.15, -0.1) is 0 Å². The summed E-state index contributed by atoms with van der Waals surface area (Å²) < 4.78 is 5.95. The van der Waals surface area contributed by atoms with E-state index in [0.29, 0.717) is 0 Å². The molecule has 1 heterocycles. The second-order valence-electron chi connectivity index (χ2n) is 5.16. The summed E-state index contributed by atoms with van der Waals surface area (Å²) in [5, 5.41) is 4.38. The molecule has 1 aromatic carbocycles. The van der Waals surface area contributed by atoms with Crippen LogP contribution in [0.4, 0.5) is 0 Å². The van der Waals surface area contributed by atoms with Crippen LogP contribution in [-0.4, -0.2) is 44.3 Å². The van der Waals surface area contributed by atoms with Crippen LogP contribution < -0.4 is 5.32 Å². The molecule has 1 saturated heterocycles. The molecule has 106 valence electrons. The molecular weight excluding hydrogens is 260 g/mol. The second kappa shape index (κ2) is 7.25. The highest BCUT2D eigenvalue weighted by molar-refractivity contribution is 6.30. The van der Waals surface area contributed by atoms with Crippen molar-refractivity contribution in [3.05, 3.63) is 34.9 Å². The summed E-state index contributed by atoms with van der Waals surface area (Å²) in [5.74, 6) is 0. The first-order valence-electron chi connectivity index (χ1n) is 6.99. The molecule has 1 aromatic rings. The molecule has 1 fully saturated rings. The fraction of sp³-hybridized carbons (Fsp3) is 0.600. The van der Waals surface area contributed by atoms with Gasteiger partial charge in [0.15, 0.2) is 0 Å². The molecular formula is C15H23ClN2O. The minimum atomic E-state index is 0.184. The van der Waals surface area contributed by atoms with Gasteiger partial charge in [0, 0.05) is 18.1 Å². The van der Waals surface area contributed by atoms with E-state index in [-0.39, 0.29) is 12.1 Å². The number of rotatable bonds is 5. The minimum Gasteiger partial charge on any atom is -0.374 e. The zero-order chi connectivity index (χ0) is 13.7. The van der Waals surface area contributed by atoms with E-state index in [2.05, 4.69) is 30.3 Å². The van der Waals surface area contributed by atoms with Crippen LogP contribution in [0.1, 0.15) is 24.9 Å². The van der Waals surface area contributed by atoms with Crippen molar-refractivity contribution < 1.29 is 4.74 Å². The quantitative estimate of drug-likeness (QED) is 0.899. The van der Waals surface area contributed by atoms with Gasteiger partial charge in [-0.3, -0.25) is 0 Å². The normalized spacial score (nSPS) is 22.4. The third-order valence-corrected chi connectivity index (χ3v) is 3.73. The molecule has 0 spiro atoms. The zero-order valence-electron chi connectivity index (χ0n) is 11.7. The Morgan fingerprint density at radius 2 is 2.37 bits per heavy atom. The molecule has 0 aromatic heterocycles. The molecule has 3 nitrogen and oxygen atoms in total. The number of likely N-dealkylation sites (N-methyl/N-ethyl adjacent to an activating group) is 1. The first-order valence-corrected chi connectivity index (χ1v) is 7.37. The molecule has 1 N–H and O–H groups in total. The summed E-state index contributed by atoms with van der Waals surface area (Å²) in [4.78, 5) is 2.32. The van der Waals surface area contributed by atoms with E-state index in [1.54, 1.807) is 0 Å². The first-order chi connectivity index (χ1) is 9.20. The Kier molecular flexibility index (Phi) is 5.64. The highest BCUT2D eigenvalue weighted by Gasteiger charge is 2.27. The standard InChI is InChI=1S/C15H23ClN2O/c1-3-7-17-15(12-5-4-6-13(16)10-12)14-11-18(2)8-9-19-14/h4-6,10,14-15,17H,3,7-9,11H2,1-2H3. The number of halogens is 1. The first kappa shape index (κ1) is 14.8. The Bertz CT molecular complexity index is 399. The van der Waals surface area contributed by atoms with Gasteiger partial charge >= 0.3 is 0 Å². The number of hydrogen-bond donors (Lipinski definition) is 1. The van der Waals surface area contributed by atoms with Crippen molar-refractivity contribution in [3.63, 3.8) is 0 Å². The molecule has 0 amide bonds. The van der Waals surface area contributed by atoms with Crippen molar-refractivity contribution in [2.24, 2.45) is 0 Å². The van der Waals surface area contributed by atoms with E-state index in [1.165, 1.54) is 5.56 Å². The SMILES string of the molecule is CCCNC(c1cccc(Cl)c1)C1CN(C)CCO1. The Hall–Kier alpha value is -0.610. The molecule has 0 bridgehead atoms. The Morgan fingerprint density at radius 3 is 3.05 bits per heavy atom. The largest absolute Gasteiger partial charge is 0.374 e. The summed E-state index contributed by atoms with van der Waals surface area (Å²) in [5.41, 5.74) is 1.21. The van der Waals surface area contributed by atoms with Gasteiger partial charge in [0.1, 0.15) is 0 Å². The molecule has 2 unspecified atom stereocenters. The molecule has 1 aliphatic rings. The summed E-state index contributed by atoms with van der Waals surface area (Å²) in [6, 6.07) is 8.28. The monoisotopic (exact) mass is 282 g/mol. The predicted molar refractivity (Wildman–Crippen MR) is 79.7 cm³/mol. The van der Waals surface area contributed by atoms with Gasteiger partial charge in [-0.1, -0.05) is 30.7 Å². The van der Waals surface area contributed by atoms with Crippen molar-refractivity contribution in [1.29, 1.82) is 0 Å². The van der Waals surface area contributed by atoms with E-state index in [1.807, 2.05) is 18.2 Å². The van der Waals surface area contributed by atoms with Crippen molar-refractivity contribution in [1.82, 2.24) is 10.2 Å². The number of ether oxygens (including phenoxy) is 1. The fourth-order valence-electron chi connectivity index (χ4n) is 2.48. The minimum absolute atomic E-state index is 0.184. The van der Waals surface area contributed by atoms with E-state index in [0.717, 1.165) is 37.7 Å². The maximum atomic E-state index is 6.11. The van der Waals surface area contributed by atoms with Crippen LogP contribution >= 0.6 is 11.6 Å². The molecule has 19 heavy (non-hydrogen) atoms. The average Bonchev–Trinajstić information content (AvgIpc) is 2.39. The molecule has 0 aliphatic carbocycles. The molecule has 1 aliphatic heterocycles. The van der Waals surface area contributed by atoms with E-state index in [9.17, 15) is 0 Å². The molecule has 4 heteroatoms. The van der Waals surface area contributed by atoms with Crippen LogP contribution in [0.5, 0.6) is 0 Å². The van der Waals surface area contributed by atoms with Gasteiger partial charge in [0.25, 0.3) is 0 Å². The highest BCUT2D eigenvalue weighted by Crippen LogP contribution is 2.24. The summed E-state index contributed by atoms with van der Waals surface area (Å²) in [6.45, 7) is 5.92. The molecule has 0 radical (unpaired) electrons. The van der Waals surface area contributed by atoms with Gasteiger partial charge in [-0.25, -0.2) is 0 Å². The third-order valence-electron chi connectivity index (χ3n) is 3.49. The average molecular weight is 283 g/mol. The topological polar surface area (TPSA) is 24.5 Å². The van der Waals surface area contributed by atoms with Crippen molar-refractivity contribution in [2.45, 2.75) is 25.5 Å². The maximum absolute atomic E-state index is 6.11. The molecule has 0 saturated carbocycles. The van der Waals surface area contributed by atoms with E-state index >= 15 is 0 Å². The number of nitrogens with zero attached hydrogens (tertiary/aromatic N) is 1. The van der Waals surface area contributed by atoms with Gasteiger partial charge in [0.05, 0.1) is 18.8 Å². The van der Waals surface area contributed by atoms with Gasteiger partial charge < -0.3 is 15.0 Å². The smallest absolute Gasteiger partial charge is 0.0896 e. The van der Waals surface area contributed by atoms with Crippen LogP contribution in [-0.2, 0) is 4.74 Å². The van der Waals surface area contributed by atoms with Crippen LogP contribution in [0.2, 0.25) is 5.02 Å². The van der Waals surface area contributed by atoms with Crippen molar-refractivity contribution in [3.8, 4) is 0 Å². The molecule has 2 atom stereocenters. The van der Waals surface area contributed by atoms with Gasteiger partial charge in [-0.05, 0) is 37.7 Å². The summed E-state index contributed by atoms with van der Waals surface area (Å²) in [6.07, 6.45) is 1.29. The van der Waals surface area contributed by atoms with Crippen LogP contribution in [0.3, 0.4) is 0 Å². The van der Waals surface area contributed by atoms with Crippen LogP contribution in [0.15, 0.2) is 24.3 Å². The lowest BCUT2D eigenvalue weighted by molar-refractivity contribution is -0.0392. The summed E-state index contributed by atoms with van der Waals surface area (Å²) >= 11 is 6.11. The lowest BCUT2D eigenvalue weighted by atomic mass is 10.00. The number of benzene rings is 1. The summed E-state index contributed by atoms with van der Waals surface area (Å²) in [7, 11) is 2.14. The van der Waals surface area contributed by atoms with Gasteiger partial charge in [-0.2, -0.15) is 0 Å². The number of morpholine rings is 1. The Labute approximate surface area is 120 Å². The van der Waals surface area contributed by atoms with Crippen LogP contribution in [0, 0.1) is 0 Å². The lowest BCUT2D eigenvalue weighted by Crippen LogP contribution is -2.46. The van der Waals surface area contributed by atoms with Crippen molar-refractivity contribution >= 4 is 11.6 Å². The molecule has 2 rings (SSSR count). The number of nitrogens with one attached hydrogen (secondary N) is 1. The zero-order valence-corrected chi connectivity index (χ0v) is 12.5. The maximum Gasteiger partial charge on any atom is 0.0896 e. The van der Waals surface area contributed by atoms with Crippen LogP contribution in [0.25, 0.3) is 0 Å². The third kappa shape index (κ3) is 4.18.